The van der Waals surface area contributed by atoms with Crippen molar-refractivity contribution in [2.75, 3.05) is 19.3 Å². The van der Waals surface area contributed by atoms with Gasteiger partial charge in [0, 0.05) is 19.3 Å². The molecule has 2 amide bonds. The highest BCUT2D eigenvalue weighted by molar-refractivity contribution is 8.00. The van der Waals surface area contributed by atoms with Crippen molar-refractivity contribution in [1.29, 1.82) is 0 Å². The van der Waals surface area contributed by atoms with Crippen LogP contribution in [0.1, 0.15) is 6.42 Å². The highest BCUT2D eigenvalue weighted by atomic mass is 32.2. The molecule has 0 saturated carbocycles. The molecule has 0 aromatic heterocycles. The molecule has 90 valence electrons. The van der Waals surface area contributed by atoms with Gasteiger partial charge in [-0.05, 0) is 6.42 Å². The number of aliphatic carboxylic acids is 1. The molecule has 0 aliphatic carbocycles. The van der Waals surface area contributed by atoms with Crippen molar-refractivity contribution in [3.05, 3.63) is 0 Å². The first-order valence-corrected chi connectivity index (χ1v) is 5.90. The molecule has 0 aromatic rings. The van der Waals surface area contributed by atoms with E-state index in [1.807, 2.05) is 0 Å². The maximum Gasteiger partial charge on any atom is 0.327 e. The second-order valence-corrected chi connectivity index (χ2v) is 4.78. The number of carboxylic acid groups (broad SMARTS) is 1. The first kappa shape index (κ1) is 12.8. The molecule has 0 spiro atoms. The van der Waals surface area contributed by atoms with Crippen LogP contribution >= 0.6 is 11.8 Å². The van der Waals surface area contributed by atoms with Crippen LogP contribution in [0.4, 0.5) is 0 Å². The van der Waals surface area contributed by atoms with Gasteiger partial charge in [-0.15, -0.1) is 11.8 Å². The number of carbonyl (C=O) groups is 3. The minimum atomic E-state index is -1.08. The maximum atomic E-state index is 11.5. The van der Waals surface area contributed by atoms with E-state index in [0.29, 0.717) is 13.0 Å². The Morgan fingerprint density at radius 2 is 2.50 bits per heavy atom. The van der Waals surface area contributed by atoms with Crippen molar-refractivity contribution in [3.8, 4) is 0 Å². The lowest BCUT2D eigenvalue weighted by Crippen LogP contribution is -2.38. The van der Waals surface area contributed by atoms with Crippen molar-refractivity contribution in [2.24, 2.45) is 0 Å². The molecular formula is C9H14N2O4S. The Bertz CT molecular complexity index is 297. The monoisotopic (exact) mass is 246 g/mol. The summed E-state index contributed by atoms with van der Waals surface area (Å²) in [6, 6.07) is -0.929. The third kappa shape index (κ3) is 3.13. The molecule has 2 unspecified atom stereocenters. The average Bonchev–Trinajstić information content (AvgIpc) is 2.55. The van der Waals surface area contributed by atoms with Crippen LogP contribution in [0.15, 0.2) is 0 Å². The van der Waals surface area contributed by atoms with Gasteiger partial charge in [0.25, 0.3) is 0 Å². The van der Waals surface area contributed by atoms with E-state index in [1.165, 1.54) is 11.8 Å². The van der Waals surface area contributed by atoms with Gasteiger partial charge in [0.15, 0.2) is 0 Å². The Hall–Kier alpha value is -1.24. The summed E-state index contributed by atoms with van der Waals surface area (Å²) in [4.78, 5) is 34.0. The molecule has 1 aliphatic heterocycles. The van der Waals surface area contributed by atoms with Gasteiger partial charge in [-0.1, -0.05) is 0 Å². The Labute approximate surface area is 97.4 Å². The number of nitrogens with one attached hydrogen (secondary N) is 1. The van der Waals surface area contributed by atoms with Crippen LogP contribution in [0.3, 0.4) is 0 Å². The third-order valence-corrected chi connectivity index (χ3v) is 3.78. The van der Waals surface area contributed by atoms with Crippen molar-refractivity contribution in [1.82, 2.24) is 10.2 Å². The highest BCUT2D eigenvalue weighted by Crippen LogP contribution is 2.23. The number of carbonyl (C=O) groups excluding carboxylic acids is 2. The third-order valence-electron chi connectivity index (χ3n) is 2.41. The summed E-state index contributed by atoms with van der Waals surface area (Å²) in [6.07, 6.45) is 1.09. The van der Waals surface area contributed by atoms with Gasteiger partial charge in [-0.3, -0.25) is 9.59 Å². The zero-order valence-corrected chi connectivity index (χ0v) is 9.70. The molecule has 1 saturated heterocycles. The van der Waals surface area contributed by atoms with E-state index in [-0.39, 0.29) is 16.9 Å². The van der Waals surface area contributed by atoms with Crippen LogP contribution < -0.4 is 5.32 Å². The van der Waals surface area contributed by atoms with Gasteiger partial charge in [-0.2, -0.15) is 0 Å². The van der Waals surface area contributed by atoms with Crippen LogP contribution in [0.2, 0.25) is 0 Å². The molecule has 1 fully saturated rings. The van der Waals surface area contributed by atoms with Crippen molar-refractivity contribution in [2.45, 2.75) is 17.7 Å². The minimum Gasteiger partial charge on any atom is -0.480 e. The number of hydrogen-bond acceptors (Lipinski definition) is 4. The lowest BCUT2D eigenvalue weighted by molar-refractivity contribution is -0.139. The summed E-state index contributed by atoms with van der Waals surface area (Å²) >= 11 is 1.28. The summed E-state index contributed by atoms with van der Waals surface area (Å²) in [6.45, 7) is 0.704. The quantitative estimate of drug-likeness (QED) is 0.596. The first-order chi connectivity index (χ1) is 7.56. The fourth-order valence-corrected chi connectivity index (χ4v) is 2.69. The number of rotatable bonds is 6. The fraction of sp³-hybridized carbons (Fsp3) is 0.667. The number of amides is 2. The number of carboxylic acids is 1. The lowest BCUT2D eigenvalue weighted by Gasteiger charge is -2.13. The Morgan fingerprint density at radius 3 is 2.94 bits per heavy atom. The van der Waals surface area contributed by atoms with E-state index in [1.54, 1.807) is 11.9 Å². The largest absolute Gasteiger partial charge is 0.480 e. The molecule has 6 nitrogen and oxygen atoms in total. The average molecular weight is 246 g/mol. The molecular weight excluding hydrogens is 232 g/mol. The highest BCUT2D eigenvalue weighted by Gasteiger charge is 2.30. The van der Waals surface area contributed by atoms with Gasteiger partial charge in [0.05, 0.1) is 5.25 Å². The molecule has 7 heteroatoms. The molecule has 1 aliphatic rings. The Kier molecular flexibility index (Phi) is 4.60. The first-order valence-electron chi connectivity index (χ1n) is 4.85. The predicted octanol–water partition coefficient (Wildman–Crippen LogP) is -0.850. The van der Waals surface area contributed by atoms with Gasteiger partial charge in [0.2, 0.25) is 12.3 Å². The molecule has 1 rings (SSSR count). The van der Waals surface area contributed by atoms with E-state index in [9.17, 15) is 14.4 Å². The maximum absolute atomic E-state index is 11.5. The Balaban J connectivity index is 2.40. The van der Waals surface area contributed by atoms with E-state index in [4.69, 9.17) is 5.11 Å². The van der Waals surface area contributed by atoms with Crippen LogP contribution in [0, 0.1) is 0 Å². The standard InChI is InChI=1S/C9H14N2O4S/c1-11-3-2-7(8(11)13)16-4-6(9(14)15)10-5-12/h5-7H,2-4H2,1H3,(H,10,12)(H,14,15). The second-order valence-electron chi connectivity index (χ2n) is 3.55. The lowest BCUT2D eigenvalue weighted by atomic mass is 10.3. The molecule has 0 radical (unpaired) electrons. The normalized spacial score (nSPS) is 21.9. The van der Waals surface area contributed by atoms with E-state index < -0.39 is 12.0 Å². The summed E-state index contributed by atoms with van der Waals surface area (Å²) in [7, 11) is 1.72. The van der Waals surface area contributed by atoms with Crippen LogP contribution in [0.25, 0.3) is 0 Å². The number of thioether (sulfide) groups is 1. The van der Waals surface area contributed by atoms with Crippen LogP contribution in [0.5, 0.6) is 0 Å². The summed E-state index contributed by atoms with van der Waals surface area (Å²) in [5.41, 5.74) is 0. The van der Waals surface area contributed by atoms with Crippen molar-refractivity contribution < 1.29 is 19.5 Å². The van der Waals surface area contributed by atoms with E-state index >= 15 is 0 Å². The summed E-state index contributed by atoms with van der Waals surface area (Å²) in [5.74, 6) is -0.850. The SMILES string of the molecule is CN1CCC(SCC(NC=O)C(=O)O)C1=O. The van der Waals surface area contributed by atoms with Gasteiger partial charge >= 0.3 is 5.97 Å². The molecule has 1 heterocycles. The minimum absolute atomic E-state index is 0.0280. The second kappa shape index (κ2) is 5.74. The zero-order chi connectivity index (χ0) is 12.1. The number of hydrogen-bond donors (Lipinski definition) is 2. The predicted molar refractivity (Wildman–Crippen MR) is 59.1 cm³/mol. The van der Waals surface area contributed by atoms with Gasteiger partial charge in [0.1, 0.15) is 6.04 Å². The molecule has 2 atom stereocenters. The van der Waals surface area contributed by atoms with Crippen LogP contribution in [-0.2, 0) is 14.4 Å². The Morgan fingerprint density at radius 1 is 1.81 bits per heavy atom. The van der Waals surface area contributed by atoms with Crippen molar-refractivity contribution in [3.63, 3.8) is 0 Å². The van der Waals surface area contributed by atoms with Crippen LogP contribution in [-0.4, -0.2) is 58.9 Å². The topological polar surface area (TPSA) is 86.7 Å². The molecule has 16 heavy (non-hydrogen) atoms. The fourth-order valence-electron chi connectivity index (χ4n) is 1.43. The molecule has 0 bridgehead atoms. The molecule has 0 aromatic carbocycles. The summed E-state index contributed by atoms with van der Waals surface area (Å²) in [5, 5.41) is 10.8. The van der Waals surface area contributed by atoms with E-state index in [2.05, 4.69) is 5.32 Å². The zero-order valence-electron chi connectivity index (χ0n) is 8.88. The van der Waals surface area contributed by atoms with Gasteiger partial charge < -0.3 is 15.3 Å². The summed E-state index contributed by atoms with van der Waals surface area (Å²) < 4.78 is 0. The molecule has 2 N–H and O–H groups in total. The number of nitrogens with zero attached hydrogens (tertiary/aromatic N) is 1. The number of likely N-dealkylation sites (tertiary alicyclic amines) is 1. The van der Waals surface area contributed by atoms with E-state index in [0.717, 1.165) is 6.42 Å². The smallest absolute Gasteiger partial charge is 0.327 e. The van der Waals surface area contributed by atoms with Crippen molar-refractivity contribution >= 4 is 30.0 Å². The van der Waals surface area contributed by atoms with Gasteiger partial charge in [-0.25, -0.2) is 4.79 Å².